The van der Waals surface area contributed by atoms with Gasteiger partial charge in [0.05, 0.1) is 5.60 Å². The number of aryl methyl sites for hydroxylation is 1. The predicted molar refractivity (Wildman–Crippen MR) is 81.1 cm³/mol. The Morgan fingerprint density at radius 3 is 2.47 bits per heavy atom. The molecule has 1 saturated carbocycles. The maximum Gasteiger partial charge on any atom is 0.0673 e. The Labute approximate surface area is 118 Å². The molecule has 0 amide bonds. The van der Waals surface area contributed by atoms with Crippen LogP contribution in [0.3, 0.4) is 0 Å². The van der Waals surface area contributed by atoms with E-state index in [9.17, 15) is 5.11 Å². The van der Waals surface area contributed by atoms with E-state index in [1.807, 2.05) is 0 Å². The lowest BCUT2D eigenvalue weighted by Gasteiger charge is -2.45. The molecule has 0 saturated heterocycles. The molecule has 1 aromatic carbocycles. The van der Waals surface area contributed by atoms with Crippen LogP contribution in [0.25, 0.3) is 0 Å². The lowest BCUT2D eigenvalue weighted by atomic mass is 9.64. The molecule has 106 valence electrons. The molecular formula is C18H28O. The minimum atomic E-state index is -0.426. The first-order chi connectivity index (χ1) is 8.91. The van der Waals surface area contributed by atoms with Gasteiger partial charge in [0.25, 0.3) is 0 Å². The van der Waals surface area contributed by atoms with Crippen LogP contribution in [0.4, 0.5) is 0 Å². The maximum atomic E-state index is 10.9. The monoisotopic (exact) mass is 260 g/mol. The van der Waals surface area contributed by atoms with E-state index in [4.69, 9.17) is 0 Å². The van der Waals surface area contributed by atoms with Gasteiger partial charge in [0.2, 0.25) is 0 Å². The zero-order valence-electron chi connectivity index (χ0n) is 12.7. The lowest BCUT2D eigenvalue weighted by molar-refractivity contribution is -0.0776. The fourth-order valence-corrected chi connectivity index (χ4v) is 3.54. The maximum absolute atomic E-state index is 10.9. The van der Waals surface area contributed by atoms with Gasteiger partial charge < -0.3 is 5.11 Å². The van der Waals surface area contributed by atoms with Crippen LogP contribution in [0.15, 0.2) is 30.3 Å². The molecule has 0 aliphatic heterocycles. The van der Waals surface area contributed by atoms with Crippen molar-refractivity contribution in [2.24, 2.45) is 11.3 Å². The van der Waals surface area contributed by atoms with Crippen LogP contribution in [0.2, 0.25) is 0 Å². The zero-order chi connectivity index (χ0) is 13.9. The normalized spacial score (nSPS) is 30.2. The molecule has 0 aromatic heterocycles. The van der Waals surface area contributed by atoms with Gasteiger partial charge in [-0.3, -0.25) is 0 Å². The third kappa shape index (κ3) is 3.82. The van der Waals surface area contributed by atoms with Gasteiger partial charge in [-0.1, -0.05) is 51.1 Å². The molecule has 0 radical (unpaired) electrons. The minimum absolute atomic E-state index is 0.408. The molecule has 1 N–H and O–H groups in total. The molecule has 1 aromatic rings. The number of hydrogen-bond donors (Lipinski definition) is 1. The van der Waals surface area contributed by atoms with Crippen molar-refractivity contribution in [3.8, 4) is 0 Å². The molecule has 0 bridgehead atoms. The van der Waals surface area contributed by atoms with Crippen LogP contribution in [0, 0.1) is 11.3 Å². The minimum Gasteiger partial charge on any atom is -0.390 e. The number of rotatable bonds is 4. The largest absolute Gasteiger partial charge is 0.390 e. The van der Waals surface area contributed by atoms with E-state index in [0.29, 0.717) is 11.3 Å². The first-order valence-electron chi connectivity index (χ1n) is 7.68. The summed E-state index contributed by atoms with van der Waals surface area (Å²) in [7, 11) is 0. The topological polar surface area (TPSA) is 20.2 Å². The zero-order valence-corrected chi connectivity index (χ0v) is 12.7. The number of benzene rings is 1. The average molecular weight is 260 g/mol. The first-order valence-corrected chi connectivity index (χ1v) is 7.68. The summed E-state index contributed by atoms with van der Waals surface area (Å²) < 4.78 is 0. The lowest BCUT2D eigenvalue weighted by Crippen LogP contribution is -2.44. The molecule has 2 rings (SSSR count). The van der Waals surface area contributed by atoms with E-state index in [1.165, 1.54) is 5.56 Å². The highest BCUT2D eigenvalue weighted by atomic mass is 16.3. The van der Waals surface area contributed by atoms with Gasteiger partial charge in [0, 0.05) is 0 Å². The predicted octanol–water partition coefficient (Wildman–Crippen LogP) is 4.59. The third-order valence-corrected chi connectivity index (χ3v) is 4.93. The quantitative estimate of drug-likeness (QED) is 0.839. The molecule has 2 atom stereocenters. The van der Waals surface area contributed by atoms with E-state index >= 15 is 0 Å². The second kappa shape index (κ2) is 5.66. The van der Waals surface area contributed by atoms with Crippen LogP contribution in [0.5, 0.6) is 0 Å². The Hall–Kier alpha value is -0.820. The fourth-order valence-electron chi connectivity index (χ4n) is 3.54. The Balaban J connectivity index is 1.85. The summed E-state index contributed by atoms with van der Waals surface area (Å²) in [5.41, 5.74) is 1.37. The average Bonchev–Trinajstić information content (AvgIpc) is 2.36. The van der Waals surface area contributed by atoms with E-state index in [1.54, 1.807) is 0 Å². The van der Waals surface area contributed by atoms with Crippen molar-refractivity contribution in [1.82, 2.24) is 0 Å². The van der Waals surface area contributed by atoms with Gasteiger partial charge >= 0.3 is 0 Å². The van der Waals surface area contributed by atoms with E-state index in [-0.39, 0.29) is 0 Å². The van der Waals surface area contributed by atoms with Gasteiger partial charge in [-0.25, -0.2) is 0 Å². The van der Waals surface area contributed by atoms with Crippen LogP contribution >= 0.6 is 0 Å². The van der Waals surface area contributed by atoms with Gasteiger partial charge in [-0.2, -0.15) is 0 Å². The van der Waals surface area contributed by atoms with E-state index < -0.39 is 5.60 Å². The van der Waals surface area contributed by atoms with Crippen molar-refractivity contribution in [1.29, 1.82) is 0 Å². The summed E-state index contributed by atoms with van der Waals surface area (Å²) in [5, 5.41) is 10.9. The van der Waals surface area contributed by atoms with Crippen LogP contribution in [-0.4, -0.2) is 10.7 Å². The van der Waals surface area contributed by atoms with Gasteiger partial charge in [-0.05, 0) is 55.4 Å². The van der Waals surface area contributed by atoms with Crippen molar-refractivity contribution >= 4 is 0 Å². The molecular weight excluding hydrogens is 232 g/mol. The van der Waals surface area contributed by atoms with Gasteiger partial charge in [0.15, 0.2) is 0 Å². The molecule has 1 aliphatic rings. The molecule has 0 heterocycles. The molecule has 1 nitrogen and oxygen atoms in total. The number of hydrogen-bond acceptors (Lipinski definition) is 1. The summed E-state index contributed by atoms with van der Waals surface area (Å²) in [5.74, 6) is 0.423. The molecule has 2 unspecified atom stereocenters. The summed E-state index contributed by atoms with van der Waals surface area (Å²) in [6.07, 6.45) is 6.38. The van der Waals surface area contributed by atoms with Gasteiger partial charge in [-0.15, -0.1) is 0 Å². The Morgan fingerprint density at radius 2 is 1.84 bits per heavy atom. The Kier molecular flexibility index (Phi) is 4.35. The van der Waals surface area contributed by atoms with Crippen molar-refractivity contribution in [3.63, 3.8) is 0 Å². The first kappa shape index (κ1) is 14.6. The Bertz CT molecular complexity index is 395. The summed E-state index contributed by atoms with van der Waals surface area (Å²) in [4.78, 5) is 0. The fraction of sp³-hybridized carbons (Fsp3) is 0.667. The SMILES string of the molecule is CC1CC(C)(C)CCC1(O)CCCc1ccccc1. The molecule has 1 aliphatic carbocycles. The second-order valence-electron chi connectivity index (χ2n) is 7.21. The smallest absolute Gasteiger partial charge is 0.0673 e. The molecule has 19 heavy (non-hydrogen) atoms. The number of aliphatic hydroxyl groups is 1. The molecule has 1 heteroatoms. The third-order valence-electron chi connectivity index (χ3n) is 4.93. The summed E-state index contributed by atoms with van der Waals surface area (Å²) in [6.45, 7) is 6.88. The van der Waals surface area contributed by atoms with Crippen molar-refractivity contribution in [3.05, 3.63) is 35.9 Å². The molecule has 0 spiro atoms. The highest BCUT2D eigenvalue weighted by molar-refractivity contribution is 5.14. The highest BCUT2D eigenvalue weighted by Gasteiger charge is 2.41. The Morgan fingerprint density at radius 1 is 1.16 bits per heavy atom. The van der Waals surface area contributed by atoms with E-state index in [0.717, 1.165) is 38.5 Å². The van der Waals surface area contributed by atoms with E-state index in [2.05, 4.69) is 51.1 Å². The van der Waals surface area contributed by atoms with Crippen LogP contribution in [-0.2, 0) is 6.42 Å². The van der Waals surface area contributed by atoms with Crippen LogP contribution < -0.4 is 0 Å². The van der Waals surface area contributed by atoms with Gasteiger partial charge in [0.1, 0.15) is 0 Å². The van der Waals surface area contributed by atoms with Crippen LogP contribution in [0.1, 0.15) is 58.4 Å². The second-order valence-corrected chi connectivity index (χ2v) is 7.21. The van der Waals surface area contributed by atoms with Crippen molar-refractivity contribution in [2.45, 2.75) is 64.9 Å². The van der Waals surface area contributed by atoms with Crippen molar-refractivity contribution in [2.75, 3.05) is 0 Å². The molecule has 1 fully saturated rings. The standard InChI is InChI=1S/C18H28O/c1-15-14-17(2,3)12-13-18(15,19)11-7-10-16-8-5-4-6-9-16/h4-6,8-9,15,19H,7,10-14H2,1-3H3. The summed E-state index contributed by atoms with van der Waals surface area (Å²) in [6, 6.07) is 10.6. The van der Waals surface area contributed by atoms with Crippen molar-refractivity contribution < 1.29 is 5.11 Å². The summed E-state index contributed by atoms with van der Waals surface area (Å²) >= 11 is 0. The highest BCUT2D eigenvalue weighted by Crippen LogP contribution is 2.45.